The fourth-order valence-electron chi connectivity index (χ4n) is 1.15. The molecule has 0 aliphatic rings. The van der Waals surface area contributed by atoms with Crippen molar-refractivity contribution in [2.24, 2.45) is 0 Å². The maximum absolute atomic E-state index is 12.4. The second-order valence-corrected chi connectivity index (χ2v) is 3.40. The van der Waals surface area contributed by atoms with E-state index in [9.17, 15) is 36.2 Å². The van der Waals surface area contributed by atoms with Crippen LogP contribution in [0.2, 0.25) is 0 Å². The number of carboxylic acids is 1. The van der Waals surface area contributed by atoms with E-state index in [0.29, 0.717) is 0 Å². The third-order valence-electron chi connectivity index (χ3n) is 1.92. The van der Waals surface area contributed by atoms with Gasteiger partial charge in [0, 0.05) is 0 Å². The first-order valence-corrected chi connectivity index (χ1v) is 4.62. The molecule has 9 heteroatoms. The van der Waals surface area contributed by atoms with Gasteiger partial charge in [0.2, 0.25) is 0 Å². The third kappa shape index (κ3) is 4.34. The van der Waals surface area contributed by atoms with E-state index in [1.54, 1.807) is 0 Å². The molecule has 0 amide bonds. The number of carbonyl (C=O) groups excluding carboxylic acids is 1. The minimum atomic E-state index is -5.01. The van der Waals surface area contributed by atoms with Crippen LogP contribution in [0.3, 0.4) is 0 Å². The lowest BCUT2D eigenvalue weighted by molar-refractivity contribution is -0.307. The molecular formula is C10H5F6O3-. The van der Waals surface area contributed by atoms with Crippen LogP contribution in [0, 0.1) is 0 Å². The summed E-state index contributed by atoms with van der Waals surface area (Å²) in [6.45, 7) is -1.15. The zero-order valence-electron chi connectivity index (χ0n) is 8.93. The van der Waals surface area contributed by atoms with Crippen LogP contribution in [0.15, 0.2) is 18.2 Å². The summed E-state index contributed by atoms with van der Waals surface area (Å²) >= 11 is 0. The second kappa shape index (κ2) is 4.98. The molecule has 0 N–H and O–H groups in total. The van der Waals surface area contributed by atoms with Crippen LogP contribution in [0.1, 0.15) is 11.1 Å². The Kier molecular flexibility index (Phi) is 3.97. The number of alkyl halides is 6. The molecule has 0 saturated heterocycles. The van der Waals surface area contributed by atoms with E-state index in [-0.39, 0.29) is 18.2 Å². The van der Waals surface area contributed by atoms with E-state index >= 15 is 0 Å². The fraction of sp³-hybridized carbons (Fsp3) is 0.300. The number of halogens is 6. The molecule has 0 atom stereocenters. The number of hydrogen-bond donors (Lipinski definition) is 0. The molecule has 1 aromatic rings. The number of rotatable bonds is 3. The van der Waals surface area contributed by atoms with Gasteiger partial charge >= 0.3 is 12.4 Å². The first-order valence-electron chi connectivity index (χ1n) is 4.62. The van der Waals surface area contributed by atoms with E-state index in [2.05, 4.69) is 4.74 Å². The molecule has 106 valence electrons. The molecule has 1 aromatic carbocycles. The van der Waals surface area contributed by atoms with Crippen molar-refractivity contribution in [1.29, 1.82) is 0 Å². The van der Waals surface area contributed by atoms with Gasteiger partial charge in [-0.2, -0.15) is 26.3 Å². The van der Waals surface area contributed by atoms with Crippen LogP contribution in [0.4, 0.5) is 26.3 Å². The topological polar surface area (TPSA) is 49.4 Å². The van der Waals surface area contributed by atoms with Crippen LogP contribution < -0.4 is 9.84 Å². The molecular weight excluding hydrogens is 282 g/mol. The molecule has 0 aromatic heterocycles. The van der Waals surface area contributed by atoms with Crippen LogP contribution in [0.25, 0.3) is 0 Å². The van der Waals surface area contributed by atoms with Gasteiger partial charge in [-0.15, -0.1) is 0 Å². The summed E-state index contributed by atoms with van der Waals surface area (Å²) in [5.41, 5.74) is -3.17. The number of ether oxygens (including phenoxy) is 1. The van der Waals surface area contributed by atoms with Gasteiger partial charge in [-0.05, 0) is 18.2 Å². The maximum Gasteiger partial charge on any atom is 0.416 e. The highest BCUT2D eigenvalue weighted by molar-refractivity contribution is 5.66. The molecule has 0 spiro atoms. The Hall–Kier alpha value is -1.93. The van der Waals surface area contributed by atoms with Gasteiger partial charge in [-0.1, -0.05) is 0 Å². The highest BCUT2D eigenvalue weighted by Crippen LogP contribution is 2.38. The quantitative estimate of drug-likeness (QED) is 0.797. The van der Waals surface area contributed by atoms with E-state index in [4.69, 9.17) is 0 Å². The average Bonchev–Trinajstić information content (AvgIpc) is 2.23. The van der Waals surface area contributed by atoms with Crippen molar-refractivity contribution in [2.45, 2.75) is 12.4 Å². The number of hydrogen-bond acceptors (Lipinski definition) is 3. The SMILES string of the molecule is O=C([O-])COc1cc(C(F)(F)F)cc(C(F)(F)F)c1. The smallest absolute Gasteiger partial charge is 0.416 e. The molecule has 3 nitrogen and oxygen atoms in total. The van der Waals surface area contributed by atoms with Crippen molar-refractivity contribution in [3.8, 4) is 5.75 Å². The Morgan fingerprint density at radius 1 is 1.00 bits per heavy atom. The summed E-state index contributed by atoms with van der Waals surface area (Å²) in [6, 6.07) is 0.461. The Morgan fingerprint density at radius 3 is 1.74 bits per heavy atom. The van der Waals surface area contributed by atoms with E-state index in [1.165, 1.54) is 0 Å². The Morgan fingerprint density at radius 2 is 1.42 bits per heavy atom. The van der Waals surface area contributed by atoms with E-state index in [0.717, 1.165) is 0 Å². The van der Waals surface area contributed by atoms with Gasteiger partial charge in [0.1, 0.15) is 12.4 Å². The lowest BCUT2D eigenvalue weighted by Crippen LogP contribution is -2.29. The van der Waals surface area contributed by atoms with Crippen LogP contribution >= 0.6 is 0 Å². The fourth-order valence-corrected chi connectivity index (χ4v) is 1.15. The monoisotopic (exact) mass is 287 g/mol. The lowest BCUT2D eigenvalue weighted by atomic mass is 10.1. The molecule has 0 aliphatic heterocycles. The normalized spacial score (nSPS) is 12.3. The third-order valence-corrected chi connectivity index (χ3v) is 1.92. The van der Waals surface area contributed by atoms with Crippen molar-refractivity contribution in [1.82, 2.24) is 0 Å². The predicted molar refractivity (Wildman–Crippen MR) is 46.9 cm³/mol. The summed E-state index contributed by atoms with van der Waals surface area (Å²) in [5.74, 6) is -2.63. The molecule has 0 bridgehead atoms. The summed E-state index contributed by atoms with van der Waals surface area (Å²) in [6.07, 6.45) is -10.0. The van der Waals surface area contributed by atoms with Crippen molar-refractivity contribution in [2.75, 3.05) is 6.61 Å². The Balaban J connectivity index is 3.21. The summed E-state index contributed by atoms with van der Waals surface area (Å²) in [5, 5.41) is 10.1. The van der Waals surface area contributed by atoms with Gasteiger partial charge in [0.05, 0.1) is 17.1 Å². The van der Waals surface area contributed by atoms with Crippen molar-refractivity contribution < 1.29 is 41.0 Å². The number of benzene rings is 1. The van der Waals surface area contributed by atoms with Gasteiger partial charge in [-0.25, -0.2) is 0 Å². The maximum atomic E-state index is 12.4. The predicted octanol–water partition coefficient (Wildman–Crippen LogP) is 1.85. The van der Waals surface area contributed by atoms with Crippen molar-refractivity contribution in [3.05, 3.63) is 29.3 Å². The second-order valence-electron chi connectivity index (χ2n) is 3.40. The number of aliphatic carboxylic acids is 1. The first kappa shape index (κ1) is 15.1. The molecule has 0 heterocycles. The number of carbonyl (C=O) groups is 1. The summed E-state index contributed by atoms with van der Waals surface area (Å²) < 4.78 is 78.6. The van der Waals surface area contributed by atoms with E-state index in [1.807, 2.05) is 0 Å². The molecule has 19 heavy (non-hydrogen) atoms. The molecule has 0 unspecified atom stereocenters. The Bertz CT molecular complexity index is 445. The molecule has 0 radical (unpaired) electrons. The largest absolute Gasteiger partial charge is 0.546 e. The zero-order chi connectivity index (χ0) is 14.8. The summed E-state index contributed by atoms with van der Waals surface area (Å²) in [4.78, 5) is 10.1. The molecule has 0 saturated carbocycles. The van der Waals surface area contributed by atoms with Crippen molar-refractivity contribution in [3.63, 3.8) is 0 Å². The molecule has 0 aliphatic carbocycles. The van der Waals surface area contributed by atoms with Crippen LogP contribution in [0.5, 0.6) is 5.75 Å². The average molecular weight is 287 g/mol. The highest BCUT2D eigenvalue weighted by Gasteiger charge is 2.37. The van der Waals surface area contributed by atoms with Crippen LogP contribution in [-0.4, -0.2) is 12.6 Å². The van der Waals surface area contributed by atoms with Gasteiger partial charge in [0.25, 0.3) is 0 Å². The molecule has 1 rings (SSSR count). The summed E-state index contributed by atoms with van der Waals surface area (Å²) in [7, 11) is 0. The van der Waals surface area contributed by atoms with Gasteiger partial charge in [0.15, 0.2) is 0 Å². The van der Waals surface area contributed by atoms with Gasteiger partial charge in [-0.3, -0.25) is 0 Å². The van der Waals surface area contributed by atoms with Crippen molar-refractivity contribution >= 4 is 5.97 Å². The lowest BCUT2D eigenvalue weighted by Gasteiger charge is -2.14. The minimum Gasteiger partial charge on any atom is -0.546 e. The Labute approximate surface area is 102 Å². The zero-order valence-corrected chi connectivity index (χ0v) is 8.93. The minimum absolute atomic E-state index is 0.0914. The molecule has 0 fully saturated rings. The van der Waals surface area contributed by atoms with Crippen LogP contribution in [-0.2, 0) is 17.1 Å². The number of carboxylic acid groups (broad SMARTS) is 1. The van der Waals surface area contributed by atoms with E-state index < -0.39 is 41.8 Å². The standard InChI is InChI=1S/C10H6F6O3/c11-9(12,13)5-1-6(10(14,15)16)3-7(2-5)19-4-8(17)18/h1-3H,4H2,(H,17,18)/p-1. The highest BCUT2D eigenvalue weighted by atomic mass is 19.4. The first-order chi connectivity index (χ1) is 8.50. The van der Waals surface area contributed by atoms with Gasteiger partial charge < -0.3 is 14.6 Å².